The number of hydrogen-bond acceptors (Lipinski definition) is 6. The van der Waals surface area contributed by atoms with Crippen molar-refractivity contribution in [2.24, 2.45) is 0 Å². The van der Waals surface area contributed by atoms with Crippen LogP contribution < -0.4 is 0 Å². The Kier molecular flexibility index (Phi) is 3.08. The molecule has 1 unspecified atom stereocenters. The van der Waals surface area contributed by atoms with Gasteiger partial charge in [0.2, 0.25) is 0 Å². The van der Waals surface area contributed by atoms with E-state index in [1.165, 1.54) is 19.5 Å². The number of ether oxygens (including phenoxy) is 3. The Balaban J connectivity index is 2.11. The minimum absolute atomic E-state index is 0.175. The van der Waals surface area contributed by atoms with Gasteiger partial charge in [-0.15, -0.1) is 0 Å². The fraction of sp³-hybridized carbons (Fsp3) is 0.545. The number of carbonyl (C=O) groups excluding carboxylic acids is 1. The number of esters is 1. The fourth-order valence-corrected chi connectivity index (χ4v) is 1.55. The second-order valence-corrected chi connectivity index (χ2v) is 4.14. The summed E-state index contributed by atoms with van der Waals surface area (Å²) in [6, 6.07) is 0. The van der Waals surface area contributed by atoms with E-state index < -0.39 is 11.8 Å². The average molecular weight is 238 g/mol. The fourth-order valence-electron chi connectivity index (χ4n) is 1.55. The van der Waals surface area contributed by atoms with Gasteiger partial charge in [-0.25, -0.2) is 9.78 Å². The van der Waals surface area contributed by atoms with Crippen LogP contribution >= 0.6 is 0 Å². The molecule has 1 atom stereocenters. The van der Waals surface area contributed by atoms with Gasteiger partial charge in [-0.1, -0.05) is 0 Å². The molecule has 0 aromatic carbocycles. The number of nitrogens with zero attached hydrogens (tertiary/aromatic N) is 2. The molecule has 0 N–H and O–H groups in total. The minimum Gasteiger partial charge on any atom is -0.464 e. The van der Waals surface area contributed by atoms with Crippen molar-refractivity contribution in [3.8, 4) is 0 Å². The standard InChI is InChI=1S/C11H14N2O4/c1-11(2)16-6-9(17-11)7-4-13-8(5-12-7)10(14)15-3/h4-5,9H,6H2,1-3H3. The molecule has 0 amide bonds. The van der Waals surface area contributed by atoms with E-state index in [4.69, 9.17) is 9.47 Å². The van der Waals surface area contributed by atoms with Gasteiger partial charge in [0.25, 0.3) is 0 Å². The number of methoxy groups -OCH3 is 1. The van der Waals surface area contributed by atoms with Crippen molar-refractivity contribution in [1.82, 2.24) is 9.97 Å². The molecule has 0 radical (unpaired) electrons. The molecule has 6 heteroatoms. The molecule has 17 heavy (non-hydrogen) atoms. The number of aromatic nitrogens is 2. The molecular weight excluding hydrogens is 224 g/mol. The average Bonchev–Trinajstić information content (AvgIpc) is 2.69. The first-order valence-corrected chi connectivity index (χ1v) is 5.24. The van der Waals surface area contributed by atoms with Gasteiger partial charge < -0.3 is 14.2 Å². The van der Waals surface area contributed by atoms with Crippen LogP contribution in [0.1, 0.15) is 36.1 Å². The molecule has 1 fully saturated rings. The van der Waals surface area contributed by atoms with E-state index >= 15 is 0 Å². The molecular formula is C11H14N2O4. The summed E-state index contributed by atoms with van der Waals surface area (Å²) >= 11 is 0. The van der Waals surface area contributed by atoms with Crippen LogP contribution in [0.25, 0.3) is 0 Å². The maximum atomic E-state index is 11.2. The summed E-state index contributed by atoms with van der Waals surface area (Å²) in [5.41, 5.74) is 0.817. The quantitative estimate of drug-likeness (QED) is 0.718. The lowest BCUT2D eigenvalue weighted by atomic mass is 10.3. The van der Waals surface area contributed by atoms with Gasteiger partial charge in [0.15, 0.2) is 11.5 Å². The summed E-state index contributed by atoms with van der Waals surface area (Å²) in [5.74, 6) is -1.11. The first-order valence-electron chi connectivity index (χ1n) is 5.24. The van der Waals surface area contributed by atoms with Gasteiger partial charge in [-0.2, -0.15) is 0 Å². The highest BCUT2D eigenvalue weighted by Gasteiger charge is 2.34. The minimum atomic E-state index is -0.604. The van der Waals surface area contributed by atoms with Crippen LogP contribution in [0.5, 0.6) is 0 Å². The Bertz CT molecular complexity index is 416. The summed E-state index contributed by atoms with van der Waals surface area (Å²) in [7, 11) is 1.30. The van der Waals surface area contributed by atoms with Crippen LogP contribution in [-0.4, -0.2) is 35.4 Å². The zero-order valence-corrected chi connectivity index (χ0v) is 9.97. The monoisotopic (exact) mass is 238 g/mol. The Morgan fingerprint density at radius 1 is 1.47 bits per heavy atom. The van der Waals surface area contributed by atoms with Crippen LogP contribution in [-0.2, 0) is 14.2 Å². The van der Waals surface area contributed by atoms with E-state index in [1.54, 1.807) is 0 Å². The lowest BCUT2D eigenvalue weighted by molar-refractivity contribution is -0.139. The zero-order valence-electron chi connectivity index (χ0n) is 9.97. The molecule has 0 aliphatic carbocycles. The van der Waals surface area contributed by atoms with E-state index in [0.29, 0.717) is 12.3 Å². The summed E-state index contributed by atoms with van der Waals surface area (Å²) < 4.78 is 15.6. The normalized spacial score (nSPS) is 22.4. The van der Waals surface area contributed by atoms with Gasteiger partial charge in [-0.05, 0) is 13.8 Å². The van der Waals surface area contributed by atoms with Crippen LogP contribution in [0.15, 0.2) is 12.4 Å². The SMILES string of the molecule is COC(=O)c1cnc(C2COC(C)(C)O2)cn1. The number of carbonyl (C=O) groups is 1. The van der Waals surface area contributed by atoms with E-state index in [-0.39, 0.29) is 11.8 Å². The van der Waals surface area contributed by atoms with Crippen molar-refractivity contribution in [2.75, 3.05) is 13.7 Å². The van der Waals surface area contributed by atoms with Crippen LogP contribution in [0.2, 0.25) is 0 Å². The zero-order chi connectivity index (χ0) is 12.5. The smallest absolute Gasteiger partial charge is 0.358 e. The third-order valence-electron chi connectivity index (χ3n) is 2.40. The van der Waals surface area contributed by atoms with Crippen molar-refractivity contribution in [3.05, 3.63) is 23.8 Å². The third kappa shape index (κ3) is 2.59. The Morgan fingerprint density at radius 2 is 2.24 bits per heavy atom. The van der Waals surface area contributed by atoms with Gasteiger partial charge in [0, 0.05) is 0 Å². The van der Waals surface area contributed by atoms with Gasteiger partial charge in [-0.3, -0.25) is 4.98 Å². The highest BCUT2D eigenvalue weighted by atomic mass is 16.7. The van der Waals surface area contributed by atoms with E-state index in [2.05, 4.69) is 14.7 Å². The molecule has 1 aromatic rings. The number of rotatable bonds is 2. The summed E-state index contributed by atoms with van der Waals surface area (Å²) in [6.07, 6.45) is 2.63. The highest BCUT2D eigenvalue weighted by molar-refractivity contribution is 5.86. The molecule has 1 saturated heterocycles. The molecule has 2 heterocycles. The Hall–Kier alpha value is -1.53. The van der Waals surface area contributed by atoms with Crippen molar-refractivity contribution < 1.29 is 19.0 Å². The van der Waals surface area contributed by atoms with Crippen LogP contribution in [0.3, 0.4) is 0 Å². The van der Waals surface area contributed by atoms with Crippen molar-refractivity contribution >= 4 is 5.97 Å². The van der Waals surface area contributed by atoms with Crippen LogP contribution in [0.4, 0.5) is 0 Å². The predicted molar refractivity (Wildman–Crippen MR) is 57.2 cm³/mol. The van der Waals surface area contributed by atoms with E-state index in [9.17, 15) is 4.79 Å². The third-order valence-corrected chi connectivity index (χ3v) is 2.40. The molecule has 92 valence electrons. The molecule has 0 spiro atoms. The first-order chi connectivity index (χ1) is 8.02. The first kappa shape index (κ1) is 11.9. The Morgan fingerprint density at radius 3 is 2.71 bits per heavy atom. The second-order valence-electron chi connectivity index (χ2n) is 4.14. The molecule has 2 rings (SSSR count). The number of hydrogen-bond donors (Lipinski definition) is 0. The molecule has 1 aliphatic heterocycles. The highest BCUT2D eigenvalue weighted by Crippen LogP contribution is 2.31. The van der Waals surface area contributed by atoms with Crippen molar-refractivity contribution in [3.63, 3.8) is 0 Å². The lowest BCUT2D eigenvalue weighted by Gasteiger charge is -2.16. The molecule has 0 saturated carbocycles. The molecule has 1 aliphatic rings. The summed E-state index contributed by atoms with van der Waals surface area (Å²) in [4.78, 5) is 19.3. The lowest BCUT2D eigenvalue weighted by Crippen LogP contribution is -2.20. The topological polar surface area (TPSA) is 70.5 Å². The maximum Gasteiger partial charge on any atom is 0.358 e. The second kappa shape index (κ2) is 4.38. The van der Waals surface area contributed by atoms with E-state index in [0.717, 1.165) is 0 Å². The van der Waals surface area contributed by atoms with E-state index in [1.807, 2.05) is 13.8 Å². The van der Waals surface area contributed by atoms with Crippen molar-refractivity contribution in [2.45, 2.75) is 25.7 Å². The van der Waals surface area contributed by atoms with Gasteiger partial charge in [0.1, 0.15) is 6.10 Å². The molecule has 6 nitrogen and oxygen atoms in total. The van der Waals surface area contributed by atoms with Gasteiger partial charge >= 0.3 is 5.97 Å². The molecule has 1 aromatic heterocycles. The Labute approximate surface area is 98.9 Å². The van der Waals surface area contributed by atoms with Crippen LogP contribution in [0, 0.1) is 0 Å². The largest absolute Gasteiger partial charge is 0.464 e. The van der Waals surface area contributed by atoms with Gasteiger partial charge in [0.05, 0.1) is 31.8 Å². The summed E-state index contributed by atoms with van der Waals surface area (Å²) in [5, 5.41) is 0. The summed E-state index contributed by atoms with van der Waals surface area (Å²) in [6.45, 7) is 4.10. The molecule has 0 bridgehead atoms. The predicted octanol–water partition coefficient (Wildman–Crippen LogP) is 1.09. The van der Waals surface area contributed by atoms with Crippen molar-refractivity contribution in [1.29, 1.82) is 0 Å². The maximum absolute atomic E-state index is 11.2.